The number of hydrogen-bond donors (Lipinski definition) is 2. The van der Waals surface area contributed by atoms with Crippen LogP contribution in [0.25, 0.3) is 0 Å². The highest BCUT2D eigenvalue weighted by molar-refractivity contribution is 5.95. The number of carbonyl (C=O) groups excluding carboxylic acids is 1. The molecule has 0 fully saturated rings. The van der Waals surface area contributed by atoms with Gasteiger partial charge in [-0.25, -0.2) is 4.39 Å². The normalized spacial score (nSPS) is 10.3. The minimum Gasteiger partial charge on any atom is -0.398 e. The predicted octanol–water partition coefficient (Wildman–Crippen LogP) is 2.08. The fourth-order valence-corrected chi connectivity index (χ4v) is 1.80. The van der Waals surface area contributed by atoms with Crippen LogP contribution < -0.4 is 11.1 Å². The van der Waals surface area contributed by atoms with Crippen LogP contribution in [0.4, 0.5) is 10.1 Å². The van der Waals surface area contributed by atoms with Gasteiger partial charge in [0.05, 0.1) is 0 Å². The monoisotopic (exact) mass is 273 g/mol. The number of nitrogens with one attached hydrogen (secondary N) is 1. The largest absolute Gasteiger partial charge is 0.398 e. The summed E-state index contributed by atoms with van der Waals surface area (Å²) < 4.78 is 13.5. The van der Waals surface area contributed by atoms with Crippen molar-refractivity contribution >= 4 is 11.6 Å². The van der Waals surface area contributed by atoms with Crippen LogP contribution in [0.15, 0.2) is 36.7 Å². The Morgan fingerprint density at radius 1 is 1.45 bits per heavy atom. The summed E-state index contributed by atoms with van der Waals surface area (Å²) in [5.74, 6) is -0.804. The molecule has 0 aliphatic carbocycles. The zero-order valence-corrected chi connectivity index (χ0v) is 11.2. The number of nitrogen functional groups attached to an aromatic ring is 1. The molecule has 0 unspecified atom stereocenters. The molecule has 2 aromatic rings. The van der Waals surface area contributed by atoms with E-state index in [2.05, 4.69) is 10.3 Å². The Morgan fingerprint density at radius 2 is 2.25 bits per heavy atom. The lowest BCUT2D eigenvalue weighted by molar-refractivity contribution is 0.0953. The van der Waals surface area contributed by atoms with Crippen molar-refractivity contribution in [3.8, 4) is 0 Å². The topological polar surface area (TPSA) is 68.0 Å². The molecule has 0 aliphatic heterocycles. The zero-order valence-electron chi connectivity index (χ0n) is 11.2. The van der Waals surface area contributed by atoms with Crippen LogP contribution in [0.3, 0.4) is 0 Å². The maximum absolute atomic E-state index is 13.5. The molecular formula is C15H16FN3O. The van der Waals surface area contributed by atoms with E-state index in [0.717, 1.165) is 5.56 Å². The van der Waals surface area contributed by atoms with Crippen LogP contribution in [0.2, 0.25) is 0 Å². The molecule has 20 heavy (non-hydrogen) atoms. The molecule has 2 rings (SSSR count). The van der Waals surface area contributed by atoms with E-state index in [0.29, 0.717) is 18.5 Å². The van der Waals surface area contributed by atoms with Crippen molar-refractivity contribution in [3.05, 3.63) is 59.2 Å². The molecule has 0 aliphatic rings. The average molecular weight is 273 g/mol. The molecule has 1 aromatic heterocycles. The van der Waals surface area contributed by atoms with Crippen molar-refractivity contribution in [3.63, 3.8) is 0 Å². The third kappa shape index (κ3) is 3.32. The van der Waals surface area contributed by atoms with Crippen molar-refractivity contribution in [1.82, 2.24) is 10.3 Å². The third-order valence-electron chi connectivity index (χ3n) is 3.07. The van der Waals surface area contributed by atoms with E-state index in [1.807, 2.05) is 12.1 Å². The predicted molar refractivity (Wildman–Crippen MR) is 75.8 cm³/mol. The van der Waals surface area contributed by atoms with Gasteiger partial charge in [-0.15, -0.1) is 0 Å². The number of carbonyl (C=O) groups is 1. The molecule has 0 bridgehead atoms. The minimum absolute atomic E-state index is 0.233. The van der Waals surface area contributed by atoms with Gasteiger partial charge < -0.3 is 11.1 Å². The van der Waals surface area contributed by atoms with Crippen LogP contribution in [0.5, 0.6) is 0 Å². The molecule has 104 valence electrons. The highest BCUT2D eigenvalue weighted by atomic mass is 19.1. The summed E-state index contributed by atoms with van der Waals surface area (Å²) in [5.41, 5.74) is 7.55. The number of nitrogens with two attached hydrogens (primary N) is 1. The van der Waals surface area contributed by atoms with Gasteiger partial charge in [0.2, 0.25) is 0 Å². The molecule has 1 amide bonds. The number of aromatic nitrogens is 1. The number of pyridine rings is 1. The van der Waals surface area contributed by atoms with Crippen LogP contribution in [-0.2, 0) is 6.42 Å². The summed E-state index contributed by atoms with van der Waals surface area (Å²) in [6.45, 7) is 2.04. The summed E-state index contributed by atoms with van der Waals surface area (Å²) in [6, 6.07) is 6.46. The summed E-state index contributed by atoms with van der Waals surface area (Å²) >= 11 is 0. The Bertz CT molecular complexity index is 591. The Morgan fingerprint density at radius 3 is 2.90 bits per heavy atom. The fraction of sp³-hybridized carbons (Fsp3) is 0.200. The molecule has 4 nitrogen and oxygen atoms in total. The van der Waals surface area contributed by atoms with E-state index in [1.54, 1.807) is 19.3 Å². The van der Waals surface area contributed by atoms with Crippen LogP contribution in [0.1, 0.15) is 21.5 Å². The first-order chi connectivity index (χ1) is 9.58. The summed E-state index contributed by atoms with van der Waals surface area (Å²) in [5, 5.41) is 2.73. The lowest BCUT2D eigenvalue weighted by atomic mass is 10.1. The van der Waals surface area contributed by atoms with Gasteiger partial charge in [0.1, 0.15) is 5.82 Å². The van der Waals surface area contributed by atoms with E-state index in [-0.39, 0.29) is 17.2 Å². The first-order valence-electron chi connectivity index (χ1n) is 6.30. The van der Waals surface area contributed by atoms with Gasteiger partial charge >= 0.3 is 0 Å². The maximum atomic E-state index is 13.5. The third-order valence-corrected chi connectivity index (χ3v) is 3.07. The van der Waals surface area contributed by atoms with Crippen LogP contribution in [0, 0.1) is 12.7 Å². The first kappa shape index (κ1) is 14.0. The Balaban J connectivity index is 1.95. The van der Waals surface area contributed by atoms with Gasteiger partial charge in [-0.2, -0.15) is 0 Å². The second kappa shape index (κ2) is 6.14. The van der Waals surface area contributed by atoms with E-state index in [4.69, 9.17) is 5.73 Å². The Kier molecular flexibility index (Phi) is 4.30. The fourth-order valence-electron chi connectivity index (χ4n) is 1.80. The minimum atomic E-state index is -0.470. The Labute approximate surface area is 116 Å². The second-order valence-corrected chi connectivity index (χ2v) is 4.54. The maximum Gasteiger partial charge on any atom is 0.251 e. The first-order valence-corrected chi connectivity index (χ1v) is 6.30. The van der Waals surface area contributed by atoms with Gasteiger partial charge in [0, 0.05) is 35.8 Å². The van der Waals surface area contributed by atoms with Crippen molar-refractivity contribution in [1.29, 1.82) is 0 Å². The number of hydrogen-bond acceptors (Lipinski definition) is 3. The van der Waals surface area contributed by atoms with E-state index in [9.17, 15) is 9.18 Å². The van der Waals surface area contributed by atoms with Crippen LogP contribution in [-0.4, -0.2) is 17.4 Å². The van der Waals surface area contributed by atoms with E-state index < -0.39 is 5.82 Å². The standard InChI is InChI=1S/C15H16FN3O/c1-10-13(16)7-12(8-14(10)17)15(20)19-6-4-11-3-2-5-18-9-11/h2-3,5,7-9H,4,6,17H2,1H3,(H,19,20). The molecular weight excluding hydrogens is 257 g/mol. The summed E-state index contributed by atoms with van der Waals surface area (Å²) in [7, 11) is 0. The van der Waals surface area contributed by atoms with Crippen LogP contribution >= 0.6 is 0 Å². The van der Waals surface area contributed by atoms with Gasteiger partial charge in [0.25, 0.3) is 5.91 Å². The molecule has 0 saturated carbocycles. The molecule has 0 atom stereocenters. The molecule has 0 radical (unpaired) electrons. The highest BCUT2D eigenvalue weighted by Crippen LogP contribution is 2.17. The number of nitrogens with zero attached hydrogens (tertiary/aromatic N) is 1. The molecule has 1 heterocycles. The van der Waals surface area contributed by atoms with E-state index >= 15 is 0 Å². The summed E-state index contributed by atoms with van der Waals surface area (Å²) in [6.07, 6.45) is 4.11. The number of halogens is 1. The quantitative estimate of drug-likeness (QED) is 0.838. The SMILES string of the molecule is Cc1c(N)cc(C(=O)NCCc2cccnc2)cc1F. The molecule has 0 saturated heterocycles. The lowest BCUT2D eigenvalue weighted by Crippen LogP contribution is -2.26. The van der Waals surface area contributed by atoms with Crippen molar-refractivity contribution in [2.24, 2.45) is 0 Å². The molecule has 1 aromatic carbocycles. The number of rotatable bonds is 4. The molecule has 5 heteroatoms. The number of amides is 1. The van der Waals surface area contributed by atoms with Crippen molar-refractivity contribution in [2.75, 3.05) is 12.3 Å². The second-order valence-electron chi connectivity index (χ2n) is 4.54. The summed E-state index contributed by atoms with van der Waals surface area (Å²) in [4.78, 5) is 15.9. The number of anilines is 1. The van der Waals surface area contributed by atoms with Gasteiger partial charge in [0.15, 0.2) is 0 Å². The van der Waals surface area contributed by atoms with Crippen molar-refractivity contribution in [2.45, 2.75) is 13.3 Å². The number of benzene rings is 1. The molecule has 0 spiro atoms. The van der Waals surface area contributed by atoms with Crippen molar-refractivity contribution < 1.29 is 9.18 Å². The smallest absolute Gasteiger partial charge is 0.251 e. The Hall–Kier alpha value is -2.43. The zero-order chi connectivity index (χ0) is 14.5. The van der Waals surface area contributed by atoms with Gasteiger partial charge in [-0.1, -0.05) is 6.07 Å². The highest BCUT2D eigenvalue weighted by Gasteiger charge is 2.10. The van der Waals surface area contributed by atoms with Gasteiger partial charge in [-0.3, -0.25) is 9.78 Å². The molecule has 3 N–H and O–H groups in total. The lowest BCUT2D eigenvalue weighted by Gasteiger charge is -2.08. The van der Waals surface area contributed by atoms with Gasteiger partial charge in [-0.05, 0) is 37.1 Å². The van der Waals surface area contributed by atoms with E-state index in [1.165, 1.54) is 12.1 Å². The average Bonchev–Trinajstić information content (AvgIpc) is 2.45.